The Hall–Kier alpha value is 2.68. The lowest BCUT2D eigenvalue weighted by Crippen LogP contribution is -2.29. The maximum absolute atomic E-state index is 9.51. The van der Waals surface area contributed by atoms with Gasteiger partial charge >= 0.3 is 10.4 Å². The van der Waals surface area contributed by atoms with Crippen molar-refractivity contribution >= 4 is 136 Å². The minimum Gasteiger partial charge on any atom is -0.369 e. The zero-order valence-electron chi connectivity index (χ0n) is 9.10. The predicted molar refractivity (Wildman–Crippen MR) is 110 cm³/mol. The molecule has 0 aromatic carbocycles. The highest BCUT2D eigenvalue weighted by Gasteiger charge is 2.03. The zero-order valence-corrected chi connectivity index (χ0v) is 18.9. The normalized spacial score (nSPS) is 10.2. The van der Waals surface area contributed by atoms with Crippen molar-refractivity contribution < 1.29 is 9.13 Å². The summed E-state index contributed by atoms with van der Waals surface area (Å²) in [6.07, 6.45) is 0. The van der Waals surface area contributed by atoms with E-state index in [-0.39, 0.29) is 0 Å². The van der Waals surface area contributed by atoms with Gasteiger partial charge in [0.15, 0.2) is 0 Å². The van der Waals surface area contributed by atoms with E-state index in [1.54, 1.807) is 0 Å². The van der Waals surface area contributed by atoms with Gasteiger partial charge in [0.2, 0.25) is 0 Å². The van der Waals surface area contributed by atoms with Gasteiger partial charge in [-0.25, -0.2) is 0 Å². The maximum atomic E-state index is 9.51. The first-order valence-corrected chi connectivity index (χ1v) is 14.5. The molecule has 0 unspecified atom stereocenters. The van der Waals surface area contributed by atoms with E-state index in [9.17, 15) is 9.13 Å². The van der Waals surface area contributed by atoms with Crippen molar-refractivity contribution in [3.8, 4) is 0 Å². The van der Waals surface area contributed by atoms with Gasteiger partial charge in [-0.15, -0.1) is 25.3 Å². The highest BCUT2D eigenvalue weighted by molar-refractivity contribution is 8.25. The van der Waals surface area contributed by atoms with E-state index in [1.165, 1.54) is 0 Å². The number of thiocarbonyl (C=S) groups is 2. The van der Waals surface area contributed by atoms with Crippen LogP contribution >= 0.6 is 128 Å². The number of thiol groups is 2. The summed E-state index contributed by atoms with van der Waals surface area (Å²) in [5, 5.41) is -0.764. The van der Waals surface area contributed by atoms with Gasteiger partial charge in [-0.2, -0.15) is 0 Å². The molecule has 0 radical (unpaired) electrons. The molecule has 0 amide bonds. The van der Waals surface area contributed by atoms with E-state index < -0.39 is 10.4 Å². The Bertz CT molecular complexity index is 337. The Balaban J connectivity index is -0.000000244. The average molecular weight is 519 g/mol. The average Bonchev–Trinajstić information content (AvgIpc) is 2.06. The highest BCUT2D eigenvalue weighted by Crippen LogP contribution is 2.61. The predicted octanol–water partition coefficient (Wildman–Crippen LogP) is 6.22. The quantitative estimate of drug-likeness (QED) is 0.154. The first-order chi connectivity index (χ1) is 8.63. The largest absolute Gasteiger partial charge is 0.369 e. The van der Waals surface area contributed by atoms with Gasteiger partial charge in [0.1, 0.15) is 8.64 Å². The third-order valence-corrected chi connectivity index (χ3v) is 1.28. The maximum Gasteiger partial charge on any atom is 0.339 e. The molecule has 4 nitrogen and oxygen atoms in total. The fraction of sp³-hybridized carbons (Fsp3) is 0.500. The standard InChI is InChI=1S/C4H8N2S4.2Cl3OP/c7-3(8)5-1-2-6-4(9)10;2*1-5(2,3)4/h1-2H2,(H2,5,7,8)(H2,6,9,10);;. The SMILES string of the molecule is O=P(Cl)(Cl)Cl.O=P(Cl)(Cl)Cl.S=C(S)NCCNC(=S)S. The van der Waals surface area contributed by atoms with Crippen molar-refractivity contribution in [1.29, 1.82) is 0 Å². The van der Waals surface area contributed by atoms with Crippen LogP contribution in [0.15, 0.2) is 0 Å². The highest BCUT2D eigenvalue weighted by atomic mass is 36.1. The molecule has 0 aliphatic carbocycles. The third-order valence-electron chi connectivity index (χ3n) is 0.677. The second kappa shape index (κ2) is 15.2. The Morgan fingerprint density at radius 3 is 1.05 bits per heavy atom. The first-order valence-electron chi connectivity index (χ1n) is 3.94. The van der Waals surface area contributed by atoms with Crippen LogP contribution in [0.3, 0.4) is 0 Å². The van der Waals surface area contributed by atoms with Crippen LogP contribution in [0.25, 0.3) is 0 Å². The fourth-order valence-electron chi connectivity index (χ4n) is 0.339. The Morgan fingerprint density at radius 1 is 0.800 bits per heavy atom. The molecule has 122 valence electrons. The summed E-state index contributed by atoms with van der Waals surface area (Å²) in [5.41, 5.74) is 0. The number of halogens is 6. The van der Waals surface area contributed by atoms with Crippen LogP contribution in [-0.2, 0) is 9.13 Å². The summed E-state index contributed by atoms with van der Waals surface area (Å²) >= 11 is 44.7. The van der Waals surface area contributed by atoms with Gasteiger partial charge < -0.3 is 10.6 Å². The van der Waals surface area contributed by atoms with Gasteiger partial charge in [-0.1, -0.05) is 24.4 Å². The minimum atomic E-state index is -3.22. The Morgan fingerprint density at radius 2 is 0.950 bits per heavy atom. The molecule has 0 heterocycles. The van der Waals surface area contributed by atoms with E-state index in [2.05, 4.69) is 128 Å². The van der Waals surface area contributed by atoms with Gasteiger partial charge in [0, 0.05) is 13.1 Å². The van der Waals surface area contributed by atoms with Crippen molar-refractivity contribution in [2.75, 3.05) is 13.1 Å². The molecule has 0 bridgehead atoms. The van der Waals surface area contributed by atoms with Crippen molar-refractivity contribution in [3.05, 3.63) is 0 Å². The van der Waals surface area contributed by atoms with Crippen molar-refractivity contribution in [2.45, 2.75) is 0 Å². The smallest absolute Gasteiger partial charge is 0.339 e. The van der Waals surface area contributed by atoms with E-state index in [0.717, 1.165) is 0 Å². The second-order valence-corrected chi connectivity index (χ2v) is 17.9. The fourth-order valence-corrected chi connectivity index (χ4v) is 0.767. The minimum absolute atomic E-state index is 0.492. The molecule has 2 N–H and O–H groups in total. The molecule has 20 heavy (non-hydrogen) atoms. The first kappa shape index (κ1) is 27.5. The molecule has 0 aromatic heterocycles. The summed E-state index contributed by atoms with van der Waals surface area (Å²) in [7, 11) is 0. The molecule has 0 saturated heterocycles. The summed E-state index contributed by atoms with van der Waals surface area (Å²) in [5.74, 6) is 0. The lowest BCUT2D eigenvalue weighted by Gasteiger charge is -2.03. The van der Waals surface area contributed by atoms with Gasteiger partial charge in [-0.3, -0.25) is 9.13 Å². The lowest BCUT2D eigenvalue weighted by atomic mass is 10.6. The van der Waals surface area contributed by atoms with Crippen LogP contribution in [0.4, 0.5) is 0 Å². The second-order valence-electron chi connectivity index (χ2n) is 2.26. The van der Waals surface area contributed by atoms with Crippen LogP contribution in [0.1, 0.15) is 0 Å². The molecule has 0 aliphatic rings. The van der Waals surface area contributed by atoms with Crippen molar-refractivity contribution in [3.63, 3.8) is 0 Å². The van der Waals surface area contributed by atoms with Crippen LogP contribution in [0.2, 0.25) is 0 Å². The monoisotopic (exact) mass is 516 g/mol. The van der Waals surface area contributed by atoms with E-state index in [0.29, 0.717) is 21.7 Å². The molecular formula is C4H8Cl6N2O2P2S4. The summed E-state index contributed by atoms with van der Waals surface area (Å²) in [6, 6.07) is 0. The molecule has 0 aromatic rings. The van der Waals surface area contributed by atoms with Crippen LogP contribution in [-0.4, -0.2) is 21.7 Å². The number of nitrogens with one attached hydrogen (secondary N) is 2. The molecular weight excluding hydrogens is 511 g/mol. The summed E-state index contributed by atoms with van der Waals surface area (Å²) < 4.78 is 20.0. The molecule has 0 aliphatic heterocycles. The molecule has 0 saturated carbocycles. The van der Waals surface area contributed by atoms with Gasteiger partial charge in [0.25, 0.3) is 0 Å². The molecule has 0 atom stereocenters. The molecule has 16 heteroatoms. The third kappa shape index (κ3) is 85.5. The van der Waals surface area contributed by atoms with Crippen LogP contribution in [0.5, 0.6) is 0 Å². The zero-order chi connectivity index (χ0) is 17.0. The van der Waals surface area contributed by atoms with Gasteiger partial charge in [-0.05, 0) is 67.4 Å². The number of hydrogen-bond acceptors (Lipinski definition) is 4. The van der Waals surface area contributed by atoms with Gasteiger partial charge in [0.05, 0.1) is 0 Å². The van der Waals surface area contributed by atoms with Crippen LogP contribution in [0, 0.1) is 0 Å². The summed E-state index contributed by atoms with van der Waals surface area (Å²) in [6.45, 7) is 1.42. The van der Waals surface area contributed by atoms with Crippen molar-refractivity contribution in [2.24, 2.45) is 0 Å². The Labute approximate surface area is 167 Å². The summed E-state index contributed by atoms with van der Waals surface area (Å²) in [4.78, 5) is 0. The lowest BCUT2D eigenvalue weighted by molar-refractivity contribution is 0.599. The molecule has 0 fully saturated rings. The molecule has 0 rings (SSSR count). The van der Waals surface area contributed by atoms with Crippen LogP contribution < -0.4 is 10.6 Å². The topological polar surface area (TPSA) is 58.2 Å². The van der Waals surface area contributed by atoms with E-state index in [4.69, 9.17) is 0 Å². The molecule has 0 spiro atoms. The van der Waals surface area contributed by atoms with E-state index in [1.807, 2.05) is 0 Å². The van der Waals surface area contributed by atoms with Crippen molar-refractivity contribution in [1.82, 2.24) is 10.6 Å². The number of hydrogen-bond donors (Lipinski definition) is 4. The number of rotatable bonds is 3. The van der Waals surface area contributed by atoms with E-state index >= 15 is 0 Å². The Kier molecular flexibility index (Phi) is 20.9.